The van der Waals surface area contributed by atoms with E-state index in [1.807, 2.05) is 6.92 Å². The van der Waals surface area contributed by atoms with Crippen LogP contribution in [0.15, 0.2) is 0 Å². The maximum absolute atomic E-state index is 11.2. The van der Waals surface area contributed by atoms with Crippen molar-refractivity contribution in [3.63, 3.8) is 0 Å². The van der Waals surface area contributed by atoms with Crippen LogP contribution in [0.5, 0.6) is 0 Å². The fourth-order valence-electron chi connectivity index (χ4n) is 3.54. The van der Waals surface area contributed by atoms with Gasteiger partial charge in [0.2, 0.25) is 0 Å². The number of hydrogen-bond acceptors (Lipinski definition) is 3. The molecule has 0 spiro atoms. The molecule has 3 heterocycles. The van der Waals surface area contributed by atoms with Crippen LogP contribution in [-0.4, -0.2) is 51.1 Å². The molecule has 5 atom stereocenters. The van der Waals surface area contributed by atoms with E-state index in [0.29, 0.717) is 19.3 Å². The van der Waals surface area contributed by atoms with Crippen molar-refractivity contribution in [3.05, 3.63) is 0 Å². The number of epoxide rings is 1. The molecule has 0 aromatic carbocycles. The van der Waals surface area contributed by atoms with Crippen LogP contribution in [0, 0.1) is 0 Å². The lowest BCUT2D eigenvalue weighted by Gasteiger charge is -2.46. The summed E-state index contributed by atoms with van der Waals surface area (Å²) in [5.74, 6) is 0. The number of rotatable bonds is 1. The zero-order valence-corrected chi connectivity index (χ0v) is 8.59. The highest BCUT2D eigenvalue weighted by Gasteiger charge is 2.72. The summed E-state index contributed by atoms with van der Waals surface area (Å²) in [4.78, 5) is 12.8. The first-order chi connectivity index (χ1) is 7.10. The summed E-state index contributed by atoms with van der Waals surface area (Å²) >= 11 is 0. The summed E-state index contributed by atoms with van der Waals surface area (Å²) in [6, 6.07) is -0.129. The summed E-state index contributed by atoms with van der Waals surface area (Å²) < 4.78 is 5.53. The minimum atomic E-state index is -0.871. The van der Waals surface area contributed by atoms with E-state index < -0.39 is 11.6 Å². The van der Waals surface area contributed by atoms with Gasteiger partial charge in [0.25, 0.3) is 0 Å². The van der Waals surface area contributed by atoms with Gasteiger partial charge in [-0.1, -0.05) is 6.92 Å². The molecule has 0 unspecified atom stereocenters. The first-order valence-corrected chi connectivity index (χ1v) is 5.46. The Morgan fingerprint density at radius 1 is 1.67 bits per heavy atom. The topological polar surface area (TPSA) is 73.3 Å². The standard InChI is InChI=1S/C10H15NO4/c1-2-10-4-5(12)3-6(7-8(10)15-7)11(10)9(13)14/h5-8,12H,2-4H2,1H3,(H,13,14)/t5-,6+,7+,8+,10-/m1/s1. The van der Waals surface area contributed by atoms with Crippen LogP contribution >= 0.6 is 0 Å². The molecule has 2 N–H and O–H groups in total. The molecule has 3 saturated heterocycles. The summed E-state index contributed by atoms with van der Waals surface area (Å²) in [5.41, 5.74) is -0.459. The van der Waals surface area contributed by atoms with Gasteiger partial charge in [0.1, 0.15) is 12.2 Å². The summed E-state index contributed by atoms with van der Waals surface area (Å²) in [6.45, 7) is 1.97. The van der Waals surface area contributed by atoms with Crippen LogP contribution in [0.3, 0.4) is 0 Å². The lowest BCUT2D eigenvalue weighted by atomic mass is 9.83. The van der Waals surface area contributed by atoms with Crippen molar-refractivity contribution in [1.29, 1.82) is 0 Å². The number of piperidine rings is 1. The maximum atomic E-state index is 11.2. The van der Waals surface area contributed by atoms with Gasteiger partial charge in [-0.15, -0.1) is 0 Å². The molecule has 84 valence electrons. The number of carboxylic acid groups (broad SMARTS) is 1. The third-order valence-corrected chi connectivity index (χ3v) is 4.17. The number of morpholine rings is 1. The SMILES string of the molecule is CC[C@@]12C[C@H](O)C[C@@H]([C@@H]3O[C@@H]31)N2C(=O)O. The van der Waals surface area contributed by atoms with Gasteiger partial charge in [0.05, 0.1) is 17.7 Å². The number of ether oxygens (including phenoxy) is 1. The molecule has 0 aromatic heterocycles. The third-order valence-electron chi connectivity index (χ3n) is 4.17. The predicted octanol–water partition coefficient (Wildman–Crippen LogP) is 0.419. The number of hydrogen-bond donors (Lipinski definition) is 2. The molecule has 0 saturated carbocycles. The van der Waals surface area contributed by atoms with Gasteiger partial charge < -0.3 is 14.9 Å². The zero-order chi connectivity index (χ0) is 10.8. The average Bonchev–Trinajstić information content (AvgIpc) is 2.91. The molecule has 3 rings (SSSR count). The number of aliphatic hydroxyl groups excluding tert-OH is 1. The van der Waals surface area contributed by atoms with Gasteiger partial charge in [-0.2, -0.15) is 0 Å². The Hall–Kier alpha value is -0.810. The summed E-state index contributed by atoms with van der Waals surface area (Å²) in [6.07, 6.45) is 0.585. The highest BCUT2D eigenvalue weighted by atomic mass is 16.6. The van der Waals surface area contributed by atoms with Gasteiger partial charge in [0.15, 0.2) is 0 Å². The van der Waals surface area contributed by atoms with Crippen molar-refractivity contribution < 1.29 is 19.7 Å². The lowest BCUT2D eigenvalue weighted by Crippen LogP contribution is -2.60. The van der Waals surface area contributed by atoms with Gasteiger partial charge in [-0.25, -0.2) is 4.79 Å². The summed E-state index contributed by atoms with van der Waals surface area (Å²) in [5, 5.41) is 19.0. The fourth-order valence-corrected chi connectivity index (χ4v) is 3.54. The van der Waals surface area contributed by atoms with Crippen LogP contribution in [0.1, 0.15) is 26.2 Å². The van der Waals surface area contributed by atoms with E-state index in [1.54, 1.807) is 4.90 Å². The van der Waals surface area contributed by atoms with Crippen molar-refractivity contribution in [2.75, 3.05) is 0 Å². The van der Waals surface area contributed by atoms with E-state index in [-0.39, 0.29) is 24.4 Å². The third kappa shape index (κ3) is 0.973. The number of carbonyl (C=O) groups is 1. The lowest BCUT2D eigenvalue weighted by molar-refractivity contribution is -0.0567. The van der Waals surface area contributed by atoms with Crippen molar-refractivity contribution >= 4 is 6.09 Å². The van der Waals surface area contributed by atoms with Gasteiger partial charge in [-0.3, -0.25) is 4.90 Å². The second-order valence-corrected chi connectivity index (χ2v) is 4.79. The van der Waals surface area contributed by atoms with Crippen molar-refractivity contribution in [1.82, 2.24) is 4.90 Å². The minimum Gasteiger partial charge on any atom is -0.465 e. The fraction of sp³-hybridized carbons (Fsp3) is 0.900. The van der Waals surface area contributed by atoms with Crippen LogP contribution in [0.2, 0.25) is 0 Å². The van der Waals surface area contributed by atoms with Crippen LogP contribution < -0.4 is 0 Å². The Morgan fingerprint density at radius 2 is 2.40 bits per heavy atom. The molecule has 15 heavy (non-hydrogen) atoms. The Morgan fingerprint density at radius 3 is 3.00 bits per heavy atom. The minimum absolute atomic E-state index is 0.0285. The monoisotopic (exact) mass is 213 g/mol. The predicted molar refractivity (Wildman–Crippen MR) is 50.6 cm³/mol. The molecule has 5 nitrogen and oxygen atoms in total. The van der Waals surface area contributed by atoms with E-state index in [9.17, 15) is 15.0 Å². The van der Waals surface area contributed by atoms with Gasteiger partial charge in [-0.05, 0) is 19.3 Å². The first kappa shape index (κ1) is 9.42. The molecule has 0 aromatic rings. The molecule has 0 aliphatic carbocycles. The highest BCUT2D eigenvalue weighted by Crippen LogP contribution is 2.56. The molecule has 1 amide bonds. The number of aliphatic hydroxyl groups is 1. The van der Waals surface area contributed by atoms with Crippen LogP contribution in [-0.2, 0) is 4.74 Å². The van der Waals surface area contributed by atoms with Crippen LogP contribution in [0.25, 0.3) is 0 Å². The van der Waals surface area contributed by atoms with Crippen molar-refractivity contribution in [2.45, 2.75) is 56.1 Å². The van der Waals surface area contributed by atoms with E-state index in [1.165, 1.54) is 0 Å². The van der Waals surface area contributed by atoms with E-state index in [0.717, 1.165) is 0 Å². The maximum Gasteiger partial charge on any atom is 0.408 e. The quantitative estimate of drug-likeness (QED) is 0.619. The molecular formula is C10H15NO4. The van der Waals surface area contributed by atoms with Gasteiger partial charge >= 0.3 is 6.09 Å². The Balaban J connectivity index is 2.01. The number of amides is 1. The normalized spacial score (nSPS) is 51.5. The van der Waals surface area contributed by atoms with E-state index in [4.69, 9.17) is 4.74 Å². The molecule has 0 radical (unpaired) electrons. The Bertz CT molecular complexity index is 321. The van der Waals surface area contributed by atoms with Crippen molar-refractivity contribution in [2.24, 2.45) is 0 Å². The second kappa shape index (κ2) is 2.65. The zero-order valence-electron chi connectivity index (χ0n) is 8.59. The molecule has 3 aliphatic heterocycles. The molecule has 3 fully saturated rings. The summed E-state index contributed by atoms with van der Waals surface area (Å²) in [7, 11) is 0. The van der Waals surface area contributed by atoms with Crippen molar-refractivity contribution in [3.8, 4) is 0 Å². The van der Waals surface area contributed by atoms with Gasteiger partial charge in [0, 0.05) is 0 Å². The smallest absolute Gasteiger partial charge is 0.408 e. The number of fused-ring (bicyclic) bond motifs is 5. The second-order valence-electron chi connectivity index (χ2n) is 4.79. The molecular weight excluding hydrogens is 198 g/mol. The first-order valence-electron chi connectivity index (χ1n) is 5.46. The largest absolute Gasteiger partial charge is 0.465 e. The molecule has 3 aliphatic rings. The Labute approximate surface area is 87.6 Å². The average molecular weight is 213 g/mol. The van der Waals surface area contributed by atoms with Crippen LogP contribution in [0.4, 0.5) is 4.79 Å². The number of nitrogens with zero attached hydrogens (tertiary/aromatic N) is 1. The Kier molecular flexibility index (Phi) is 1.66. The van der Waals surface area contributed by atoms with E-state index >= 15 is 0 Å². The molecule has 5 heteroatoms. The molecule has 2 bridgehead atoms. The highest BCUT2D eigenvalue weighted by molar-refractivity contribution is 5.69. The van der Waals surface area contributed by atoms with E-state index in [2.05, 4.69) is 0 Å².